The minimum Gasteiger partial charge on any atom is -0.392 e. The zero-order valence-electron chi connectivity index (χ0n) is 14.1. The summed E-state index contributed by atoms with van der Waals surface area (Å²) >= 11 is 0. The standard InChI is InChI=1S/C17H19F3N2O3S/c1-11-16(9-23)8-22(21-11)7-12-2-3-14-5-13(6-15(14)4-12)10-26(24,25)17(18,19)20/h2-4,8,13,23H,5-7,9-10H2,1H3/t13-/m1/s1. The van der Waals surface area contributed by atoms with Crippen molar-refractivity contribution in [2.75, 3.05) is 5.75 Å². The van der Waals surface area contributed by atoms with Crippen molar-refractivity contribution in [3.05, 3.63) is 52.3 Å². The van der Waals surface area contributed by atoms with E-state index in [1.807, 2.05) is 18.2 Å². The molecular formula is C17H19F3N2O3S. The highest BCUT2D eigenvalue weighted by Crippen LogP contribution is 2.32. The second-order valence-electron chi connectivity index (χ2n) is 6.70. The summed E-state index contributed by atoms with van der Waals surface area (Å²) < 4.78 is 62.2. The van der Waals surface area contributed by atoms with Crippen LogP contribution in [0.3, 0.4) is 0 Å². The van der Waals surface area contributed by atoms with Crippen molar-refractivity contribution in [2.24, 2.45) is 5.92 Å². The number of benzene rings is 1. The Morgan fingerprint density at radius 1 is 1.27 bits per heavy atom. The molecule has 1 atom stereocenters. The fourth-order valence-corrected chi connectivity index (χ4v) is 4.41. The summed E-state index contributed by atoms with van der Waals surface area (Å²) in [6.45, 7) is 2.18. The second kappa shape index (κ2) is 6.70. The number of aliphatic hydroxyl groups is 1. The number of sulfone groups is 1. The van der Waals surface area contributed by atoms with Crippen molar-refractivity contribution in [3.63, 3.8) is 0 Å². The smallest absolute Gasteiger partial charge is 0.392 e. The summed E-state index contributed by atoms with van der Waals surface area (Å²) in [7, 11) is -5.10. The maximum Gasteiger partial charge on any atom is 0.497 e. The third-order valence-electron chi connectivity index (χ3n) is 4.66. The van der Waals surface area contributed by atoms with Gasteiger partial charge in [0.2, 0.25) is 9.84 Å². The maximum atomic E-state index is 12.6. The Kier molecular flexibility index (Phi) is 4.87. The highest BCUT2D eigenvalue weighted by atomic mass is 32.2. The molecule has 0 radical (unpaired) electrons. The van der Waals surface area contributed by atoms with Gasteiger partial charge in [0.05, 0.1) is 24.6 Å². The van der Waals surface area contributed by atoms with E-state index in [-0.39, 0.29) is 6.61 Å². The summed E-state index contributed by atoms with van der Waals surface area (Å²) in [4.78, 5) is 0. The molecule has 0 fully saturated rings. The lowest BCUT2D eigenvalue weighted by Crippen LogP contribution is -2.30. The molecule has 1 aliphatic rings. The summed E-state index contributed by atoms with van der Waals surface area (Å²) in [5.41, 5.74) is -1.01. The lowest BCUT2D eigenvalue weighted by atomic mass is 10.1. The van der Waals surface area contributed by atoms with E-state index in [2.05, 4.69) is 5.10 Å². The van der Waals surface area contributed by atoms with Gasteiger partial charge in [-0.05, 0) is 42.4 Å². The van der Waals surface area contributed by atoms with Crippen LogP contribution >= 0.6 is 0 Å². The number of aromatic nitrogens is 2. The van der Waals surface area contributed by atoms with Crippen LogP contribution < -0.4 is 0 Å². The van der Waals surface area contributed by atoms with E-state index in [4.69, 9.17) is 0 Å². The van der Waals surface area contributed by atoms with E-state index < -0.39 is 27.0 Å². The average molecular weight is 388 g/mol. The highest BCUT2D eigenvalue weighted by Gasteiger charge is 2.47. The van der Waals surface area contributed by atoms with Crippen molar-refractivity contribution >= 4 is 9.84 Å². The van der Waals surface area contributed by atoms with Gasteiger partial charge in [-0.1, -0.05) is 18.2 Å². The van der Waals surface area contributed by atoms with Crippen LogP contribution in [0.1, 0.15) is 27.9 Å². The Morgan fingerprint density at radius 2 is 1.96 bits per heavy atom. The molecule has 0 spiro atoms. The van der Waals surface area contributed by atoms with Crippen LogP contribution in [0.15, 0.2) is 24.4 Å². The van der Waals surface area contributed by atoms with Gasteiger partial charge in [-0.15, -0.1) is 0 Å². The molecule has 0 bridgehead atoms. The first-order chi connectivity index (χ1) is 12.1. The third kappa shape index (κ3) is 3.78. The Bertz CT molecular complexity index is 920. The van der Waals surface area contributed by atoms with E-state index in [0.29, 0.717) is 19.4 Å². The molecule has 1 aromatic carbocycles. The van der Waals surface area contributed by atoms with Gasteiger partial charge in [-0.2, -0.15) is 18.3 Å². The van der Waals surface area contributed by atoms with Gasteiger partial charge in [0.25, 0.3) is 0 Å². The van der Waals surface area contributed by atoms with Crippen molar-refractivity contribution in [2.45, 2.75) is 38.4 Å². The second-order valence-corrected chi connectivity index (χ2v) is 8.73. The zero-order valence-corrected chi connectivity index (χ0v) is 14.9. The highest BCUT2D eigenvalue weighted by molar-refractivity contribution is 7.92. The first-order valence-corrected chi connectivity index (χ1v) is 9.78. The number of halogens is 3. The van der Waals surface area contributed by atoms with Crippen LogP contribution in [-0.4, -0.2) is 34.6 Å². The fraction of sp³-hybridized carbons (Fsp3) is 0.471. The molecule has 1 heterocycles. The summed E-state index contributed by atoms with van der Waals surface area (Å²) in [6, 6.07) is 5.61. The Labute approximate surface area is 149 Å². The molecule has 2 aromatic rings. The molecule has 0 amide bonds. The third-order valence-corrected chi connectivity index (χ3v) is 6.27. The van der Waals surface area contributed by atoms with Crippen LogP contribution in [0.4, 0.5) is 13.2 Å². The Morgan fingerprint density at radius 3 is 2.58 bits per heavy atom. The molecule has 142 valence electrons. The summed E-state index contributed by atoms with van der Waals surface area (Å²) in [6.07, 6.45) is 2.40. The number of nitrogens with zero attached hydrogens (tertiary/aromatic N) is 2. The molecular weight excluding hydrogens is 369 g/mol. The van der Waals surface area contributed by atoms with Crippen molar-refractivity contribution in [3.8, 4) is 0 Å². The van der Waals surface area contributed by atoms with Gasteiger partial charge in [0, 0.05) is 11.8 Å². The lowest BCUT2D eigenvalue weighted by molar-refractivity contribution is -0.0438. The van der Waals surface area contributed by atoms with Crippen molar-refractivity contribution < 1.29 is 26.7 Å². The van der Waals surface area contributed by atoms with E-state index >= 15 is 0 Å². The predicted molar refractivity (Wildman–Crippen MR) is 89.2 cm³/mol. The minimum absolute atomic E-state index is 0.0919. The van der Waals surface area contributed by atoms with Crippen molar-refractivity contribution in [1.82, 2.24) is 9.78 Å². The number of aryl methyl sites for hydroxylation is 1. The average Bonchev–Trinajstić information content (AvgIpc) is 3.07. The number of aliphatic hydroxyl groups excluding tert-OH is 1. The predicted octanol–water partition coefficient (Wildman–Crippen LogP) is 2.38. The number of rotatable bonds is 5. The van der Waals surface area contributed by atoms with E-state index in [1.165, 1.54) is 0 Å². The van der Waals surface area contributed by atoms with Gasteiger partial charge in [0.1, 0.15) is 0 Å². The van der Waals surface area contributed by atoms with Crippen molar-refractivity contribution in [1.29, 1.82) is 0 Å². The monoisotopic (exact) mass is 388 g/mol. The Hall–Kier alpha value is -1.87. The maximum absolute atomic E-state index is 12.6. The molecule has 1 aromatic heterocycles. The molecule has 0 unspecified atom stereocenters. The van der Waals surface area contributed by atoms with E-state index in [9.17, 15) is 26.7 Å². The fourth-order valence-electron chi connectivity index (χ4n) is 3.37. The molecule has 1 aliphatic carbocycles. The summed E-state index contributed by atoms with van der Waals surface area (Å²) in [5.74, 6) is -1.43. The molecule has 9 heteroatoms. The van der Waals surface area contributed by atoms with Crippen LogP contribution in [0.5, 0.6) is 0 Å². The zero-order chi connectivity index (χ0) is 19.1. The molecule has 0 saturated carbocycles. The van der Waals surface area contributed by atoms with Gasteiger partial charge >= 0.3 is 5.51 Å². The molecule has 0 aliphatic heterocycles. The lowest BCUT2D eigenvalue weighted by Gasteiger charge is -2.12. The van der Waals surface area contributed by atoms with E-state index in [1.54, 1.807) is 17.8 Å². The number of hydrogen-bond donors (Lipinski definition) is 1. The molecule has 0 saturated heterocycles. The van der Waals surface area contributed by atoms with Gasteiger partial charge in [0.15, 0.2) is 0 Å². The number of hydrogen-bond acceptors (Lipinski definition) is 4. The molecule has 26 heavy (non-hydrogen) atoms. The minimum atomic E-state index is -5.20. The van der Waals surface area contributed by atoms with Crippen LogP contribution in [0.2, 0.25) is 0 Å². The topological polar surface area (TPSA) is 72.2 Å². The molecule has 5 nitrogen and oxygen atoms in total. The van der Waals surface area contributed by atoms with Gasteiger partial charge in [-0.3, -0.25) is 4.68 Å². The summed E-state index contributed by atoms with van der Waals surface area (Å²) in [5, 5.41) is 13.5. The number of fused-ring (bicyclic) bond motifs is 1. The van der Waals surface area contributed by atoms with Crippen LogP contribution in [0, 0.1) is 12.8 Å². The normalized spacial score (nSPS) is 17.5. The molecule has 3 rings (SSSR count). The Balaban J connectivity index is 1.72. The van der Waals surface area contributed by atoms with E-state index in [0.717, 1.165) is 27.9 Å². The first-order valence-electron chi connectivity index (χ1n) is 8.12. The quantitative estimate of drug-likeness (QED) is 0.854. The SMILES string of the molecule is Cc1nn(Cc2ccc3c(c2)C[C@H](CS(=O)(=O)C(F)(F)F)C3)cc1CO. The van der Waals surface area contributed by atoms with Gasteiger partial charge in [-0.25, -0.2) is 8.42 Å². The number of alkyl halides is 3. The largest absolute Gasteiger partial charge is 0.497 e. The molecule has 1 N–H and O–H groups in total. The van der Waals surface area contributed by atoms with Gasteiger partial charge < -0.3 is 5.11 Å². The first kappa shape index (κ1) is 18.9. The van der Waals surface area contributed by atoms with Crippen LogP contribution in [0.25, 0.3) is 0 Å². The van der Waals surface area contributed by atoms with Crippen LogP contribution in [-0.2, 0) is 35.8 Å².